The minimum absolute atomic E-state index is 0.128. The third-order valence-electron chi connectivity index (χ3n) is 4.68. The van der Waals surface area contributed by atoms with Crippen LogP contribution in [-0.4, -0.2) is 25.9 Å². The summed E-state index contributed by atoms with van der Waals surface area (Å²) in [5.74, 6) is -0.473. The molecule has 1 unspecified atom stereocenters. The van der Waals surface area contributed by atoms with Crippen LogP contribution in [0.15, 0.2) is 78.9 Å². The first kappa shape index (κ1) is 20.1. The molecule has 0 bridgehead atoms. The van der Waals surface area contributed by atoms with Crippen molar-refractivity contribution in [1.29, 1.82) is 0 Å². The second-order valence-electron chi connectivity index (χ2n) is 7.08. The average molecular weight is 387 g/mol. The Bertz CT molecular complexity index is 983. The summed E-state index contributed by atoms with van der Waals surface area (Å²) in [7, 11) is 3.92. The second kappa shape index (κ2) is 9.06. The van der Waals surface area contributed by atoms with E-state index in [1.807, 2.05) is 80.5 Å². The maximum atomic E-state index is 12.6. The fourth-order valence-electron chi connectivity index (χ4n) is 2.95. The van der Waals surface area contributed by atoms with Gasteiger partial charge in [-0.25, -0.2) is 0 Å². The number of nitrogens with one attached hydrogen (secondary N) is 2. The van der Waals surface area contributed by atoms with E-state index in [2.05, 4.69) is 10.6 Å². The number of anilines is 2. The summed E-state index contributed by atoms with van der Waals surface area (Å²) in [6.45, 7) is 1.93. The summed E-state index contributed by atoms with van der Waals surface area (Å²) in [4.78, 5) is 27.2. The average Bonchev–Trinajstić information content (AvgIpc) is 2.74. The van der Waals surface area contributed by atoms with E-state index in [1.54, 1.807) is 24.3 Å². The van der Waals surface area contributed by atoms with E-state index >= 15 is 0 Å². The first-order valence-electron chi connectivity index (χ1n) is 9.48. The van der Waals surface area contributed by atoms with Gasteiger partial charge in [-0.2, -0.15) is 0 Å². The Morgan fingerprint density at radius 2 is 1.41 bits per heavy atom. The van der Waals surface area contributed by atoms with Crippen LogP contribution in [-0.2, 0) is 0 Å². The van der Waals surface area contributed by atoms with Crippen molar-refractivity contribution in [3.05, 3.63) is 95.6 Å². The van der Waals surface area contributed by atoms with Gasteiger partial charge in [0.2, 0.25) is 0 Å². The van der Waals surface area contributed by atoms with Crippen LogP contribution in [0.2, 0.25) is 0 Å². The zero-order valence-corrected chi connectivity index (χ0v) is 16.8. The topological polar surface area (TPSA) is 61.4 Å². The zero-order valence-electron chi connectivity index (χ0n) is 16.8. The van der Waals surface area contributed by atoms with Gasteiger partial charge in [-0.1, -0.05) is 36.4 Å². The normalized spacial score (nSPS) is 11.4. The van der Waals surface area contributed by atoms with Gasteiger partial charge in [0.25, 0.3) is 11.8 Å². The molecule has 29 heavy (non-hydrogen) atoms. The lowest BCUT2D eigenvalue weighted by Gasteiger charge is -2.15. The van der Waals surface area contributed by atoms with Crippen LogP contribution >= 0.6 is 0 Å². The second-order valence-corrected chi connectivity index (χ2v) is 7.08. The quantitative estimate of drug-likeness (QED) is 0.655. The molecule has 0 spiro atoms. The molecule has 3 aromatic rings. The Balaban J connectivity index is 1.68. The molecule has 0 fully saturated rings. The highest BCUT2D eigenvalue weighted by Gasteiger charge is 2.14. The molecule has 0 aliphatic heterocycles. The van der Waals surface area contributed by atoms with Crippen molar-refractivity contribution in [3.8, 4) is 0 Å². The van der Waals surface area contributed by atoms with Crippen molar-refractivity contribution in [3.63, 3.8) is 0 Å². The van der Waals surface area contributed by atoms with Crippen molar-refractivity contribution in [2.45, 2.75) is 13.0 Å². The molecule has 3 aromatic carbocycles. The Labute approximate surface area is 171 Å². The number of carbonyl (C=O) groups is 2. The largest absolute Gasteiger partial charge is 0.378 e. The number of benzene rings is 3. The monoisotopic (exact) mass is 387 g/mol. The minimum Gasteiger partial charge on any atom is -0.378 e. The molecule has 2 amide bonds. The molecular weight excluding hydrogens is 362 g/mol. The molecule has 0 aliphatic rings. The molecule has 0 saturated carbocycles. The van der Waals surface area contributed by atoms with Gasteiger partial charge in [-0.05, 0) is 55.0 Å². The number of hydrogen-bond acceptors (Lipinski definition) is 3. The molecule has 0 radical (unpaired) electrons. The summed E-state index contributed by atoms with van der Waals surface area (Å²) in [5.41, 5.74) is 3.66. The van der Waals surface area contributed by atoms with Crippen LogP contribution < -0.4 is 15.5 Å². The molecule has 5 heteroatoms. The molecule has 3 rings (SSSR count). The highest BCUT2D eigenvalue weighted by Crippen LogP contribution is 2.17. The Morgan fingerprint density at radius 3 is 2.03 bits per heavy atom. The van der Waals surface area contributed by atoms with Gasteiger partial charge in [0.05, 0.1) is 6.04 Å². The van der Waals surface area contributed by atoms with Crippen molar-refractivity contribution in [2.75, 3.05) is 24.3 Å². The summed E-state index contributed by atoms with van der Waals surface area (Å²) in [6.07, 6.45) is 0. The van der Waals surface area contributed by atoms with E-state index in [-0.39, 0.29) is 17.9 Å². The van der Waals surface area contributed by atoms with E-state index in [0.717, 1.165) is 11.3 Å². The first-order valence-corrected chi connectivity index (χ1v) is 9.48. The molecular formula is C24H25N3O2. The van der Waals surface area contributed by atoms with Crippen LogP contribution in [0.4, 0.5) is 11.4 Å². The maximum Gasteiger partial charge on any atom is 0.255 e. The fraction of sp³-hybridized carbons (Fsp3) is 0.167. The van der Waals surface area contributed by atoms with Crippen molar-refractivity contribution in [2.24, 2.45) is 0 Å². The first-order chi connectivity index (χ1) is 13.9. The minimum atomic E-state index is -0.256. The highest BCUT2D eigenvalue weighted by atomic mass is 16.2. The number of hydrogen-bond donors (Lipinski definition) is 2. The number of rotatable bonds is 6. The summed E-state index contributed by atoms with van der Waals surface area (Å²) in [5, 5.41) is 5.84. The maximum absolute atomic E-state index is 12.6. The van der Waals surface area contributed by atoms with Crippen LogP contribution in [0.3, 0.4) is 0 Å². The predicted molar refractivity (Wildman–Crippen MR) is 117 cm³/mol. The van der Waals surface area contributed by atoms with E-state index in [9.17, 15) is 9.59 Å². The Morgan fingerprint density at radius 1 is 0.793 bits per heavy atom. The third-order valence-corrected chi connectivity index (χ3v) is 4.68. The van der Waals surface area contributed by atoms with Gasteiger partial charge in [0.15, 0.2) is 0 Å². The molecule has 148 valence electrons. The van der Waals surface area contributed by atoms with Gasteiger partial charge >= 0.3 is 0 Å². The fourth-order valence-corrected chi connectivity index (χ4v) is 2.95. The van der Waals surface area contributed by atoms with Crippen LogP contribution in [0.1, 0.15) is 39.2 Å². The molecule has 0 heterocycles. The van der Waals surface area contributed by atoms with Crippen LogP contribution in [0.25, 0.3) is 0 Å². The standard InChI is InChI=1S/C24H25N3O2/c1-17(18-8-5-4-6-9-18)25-23(28)19-10-7-11-20(16-19)24(29)26-21-12-14-22(15-13-21)27(2)3/h4-17H,1-3H3,(H,25,28)(H,26,29). The number of nitrogens with zero attached hydrogens (tertiary/aromatic N) is 1. The molecule has 0 saturated heterocycles. The summed E-state index contributed by atoms with van der Waals surface area (Å²) >= 11 is 0. The van der Waals surface area contributed by atoms with Crippen molar-refractivity contribution < 1.29 is 9.59 Å². The predicted octanol–water partition coefficient (Wildman–Crippen LogP) is 4.50. The SMILES string of the molecule is CC(NC(=O)c1cccc(C(=O)Nc2ccc(N(C)C)cc2)c1)c1ccccc1. The van der Waals surface area contributed by atoms with Gasteiger partial charge in [0.1, 0.15) is 0 Å². The number of carbonyl (C=O) groups excluding carboxylic acids is 2. The van der Waals surface area contributed by atoms with Gasteiger partial charge in [0, 0.05) is 36.6 Å². The van der Waals surface area contributed by atoms with Gasteiger partial charge in [-0.15, -0.1) is 0 Å². The molecule has 1 atom stereocenters. The molecule has 5 nitrogen and oxygen atoms in total. The molecule has 2 N–H and O–H groups in total. The van der Waals surface area contributed by atoms with E-state index < -0.39 is 0 Å². The van der Waals surface area contributed by atoms with Crippen LogP contribution in [0.5, 0.6) is 0 Å². The number of amides is 2. The van der Waals surface area contributed by atoms with E-state index in [0.29, 0.717) is 16.8 Å². The van der Waals surface area contributed by atoms with Crippen molar-refractivity contribution >= 4 is 23.2 Å². The summed E-state index contributed by atoms with van der Waals surface area (Å²) < 4.78 is 0. The van der Waals surface area contributed by atoms with Crippen LogP contribution in [0, 0.1) is 0 Å². The van der Waals surface area contributed by atoms with Crippen molar-refractivity contribution in [1.82, 2.24) is 5.32 Å². The smallest absolute Gasteiger partial charge is 0.255 e. The molecule has 0 aromatic heterocycles. The lowest BCUT2D eigenvalue weighted by Crippen LogP contribution is -2.27. The lowest BCUT2D eigenvalue weighted by atomic mass is 10.1. The Kier molecular flexibility index (Phi) is 6.29. The Hall–Kier alpha value is -3.60. The third kappa shape index (κ3) is 5.23. The van der Waals surface area contributed by atoms with E-state index in [4.69, 9.17) is 0 Å². The zero-order chi connectivity index (χ0) is 20.8. The lowest BCUT2D eigenvalue weighted by molar-refractivity contribution is 0.0940. The summed E-state index contributed by atoms with van der Waals surface area (Å²) in [6, 6.07) is 23.9. The highest BCUT2D eigenvalue weighted by molar-refractivity contribution is 6.06. The molecule has 0 aliphatic carbocycles. The van der Waals surface area contributed by atoms with Gasteiger partial charge < -0.3 is 15.5 Å². The van der Waals surface area contributed by atoms with Gasteiger partial charge in [-0.3, -0.25) is 9.59 Å². The van der Waals surface area contributed by atoms with E-state index in [1.165, 1.54) is 0 Å².